The number of carboxylic acid groups (broad SMARTS) is 1. The lowest BCUT2D eigenvalue weighted by atomic mass is 10.2. The molecule has 102 valence electrons. The van der Waals surface area contributed by atoms with Crippen LogP contribution in [-0.2, 0) is 9.59 Å². The molecule has 1 aromatic carbocycles. The van der Waals surface area contributed by atoms with Gasteiger partial charge in [-0.05, 0) is 37.6 Å². The van der Waals surface area contributed by atoms with E-state index in [-0.39, 0.29) is 18.4 Å². The third-order valence-corrected chi connectivity index (χ3v) is 3.02. The molecule has 0 aliphatic carbocycles. The highest BCUT2D eigenvalue weighted by atomic mass is 16.5. The Kier molecular flexibility index (Phi) is 4.04. The molecule has 0 unspecified atom stereocenters. The van der Waals surface area contributed by atoms with Crippen LogP contribution in [0.2, 0.25) is 0 Å². The Morgan fingerprint density at radius 3 is 2.63 bits per heavy atom. The normalized spacial score (nSPS) is 16.5. The molecular formula is C14H17NO4. The second kappa shape index (κ2) is 5.73. The summed E-state index contributed by atoms with van der Waals surface area (Å²) in [6.07, 6.45) is 1.09. The molecule has 1 N–H and O–H groups in total. The van der Waals surface area contributed by atoms with E-state index < -0.39 is 5.97 Å². The first-order valence-electron chi connectivity index (χ1n) is 6.35. The van der Waals surface area contributed by atoms with Crippen LogP contribution < -0.4 is 9.64 Å². The first-order chi connectivity index (χ1) is 9.06. The minimum atomic E-state index is -0.883. The maximum Gasteiger partial charge on any atom is 0.307 e. The summed E-state index contributed by atoms with van der Waals surface area (Å²) in [6, 6.07) is 7.18. The molecule has 2 rings (SSSR count). The van der Waals surface area contributed by atoms with Gasteiger partial charge in [-0.15, -0.1) is 0 Å². The van der Waals surface area contributed by atoms with E-state index in [1.54, 1.807) is 24.0 Å². The fraction of sp³-hybridized carbons (Fsp3) is 0.429. The molecule has 1 aliphatic rings. The van der Waals surface area contributed by atoms with Crippen molar-refractivity contribution in [3.8, 4) is 5.75 Å². The number of aliphatic carboxylic acids is 1. The molecular weight excluding hydrogens is 246 g/mol. The maximum atomic E-state index is 11.6. The van der Waals surface area contributed by atoms with Crippen molar-refractivity contribution in [3.63, 3.8) is 0 Å². The Morgan fingerprint density at radius 2 is 2.11 bits per heavy atom. The summed E-state index contributed by atoms with van der Waals surface area (Å²) in [5.41, 5.74) is 0.862. The third-order valence-electron chi connectivity index (χ3n) is 3.02. The van der Waals surface area contributed by atoms with Crippen LogP contribution >= 0.6 is 0 Å². The van der Waals surface area contributed by atoms with Crippen LogP contribution in [0.5, 0.6) is 5.75 Å². The molecule has 0 bridgehead atoms. The second-order valence-corrected chi connectivity index (χ2v) is 4.67. The Labute approximate surface area is 111 Å². The molecule has 5 nitrogen and oxygen atoms in total. The molecule has 1 amide bonds. The van der Waals surface area contributed by atoms with E-state index in [0.29, 0.717) is 12.2 Å². The van der Waals surface area contributed by atoms with Gasteiger partial charge in [-0.2, -0.15) is 0 Å². The fourth-order valence-corrected chi connectivity index (χ4v) is 2.15. The topological polar surface area (TPSA) is 66.8 Å². The Bertz CT molecular complexity index is 469. The highest BCUT2D eigenvalue weighted by Crippen LogP contribution is 2.24. The molecule has 19 heavy (non-hydrogen) atoms. The molecule has 1 fully saturated rings. The van der Waals surface area contributed by atoms with Gasteiger partial charge in [-0.1, -0.05) is 0 Å². The number of ether oxygens (including phenoxy) is 1. The predicted molar refractivity (Wildman–Crippen MR) is 70.4 cm³/mol. The zero-order valence-electron chi connectivity index (χ0n) is 10.8. The summed E-state index contributed by atoms with van der Waals surface area (Å²) in [5, 5.41) is 8.65. The van der Waals surface area contributed by atoms with E-state index in [2.05, 4.69) is 0 Å². The van der Waals surface area contributed by atoms with Crippen LogP contribution in [-0.4, -0.2) is 29.6 Å². The smallest absolute Gasteiger partial charge is 0.307 e. The van der Waals surface area contributed by atoms with Gasteiger partial charge in [-0.25, -0.2) is 0 Å². The van der Waals surface area contributed by atoms with Gasteiger partial charge in [0.25, 0.3) is 0 Å². The Balaban J connectivity index is 1.98. The maximum absolute atomic E-state index is 11.6. The standard InChI is InChI=1S/C14H17NO4/c1-10(9-14(17)18)19-12-6-4-11(5-7-12)15-8-2-3-13(15)16/h4-7,10H,2-3,8-9H2,1H3,(H,17,18)/t10-/m1/s1. The summed E-state index contributed by atoms with van der Waals surface area (Å²) in [5.74, 6) is -0.121. The first-order valence-corrected chi connectivity index (χ1v) is 6.35. The average Bonchev–Trinajstić information content (AvgIpc) is 2.75. The third kappa shape index (κ3) is 3.47. The van der Waals surface area contributed by atoms with E-state index in [4.69, 9.17) is 9.84 Å². The van der Waals surface area contributed by atoms with Crippen LogP contribution in [0.4, 0.5) is 5.69 Å². The monoisotopic (exact) mass is 263 g/mol. The number of hydrogen-bond donors (Lipinski definition) is 1. The summed E-state index contributed by atoms with van der Waals surface area (Å²) >= 11 is 0. The quantitative estimate of drug-likeness (QED) is 0.883. The predicted octanol–water partition coefficient (Wildman–Crippen LogP) is 2.06. The van der Waals surface area contributed by atoms with Crippen LogP contribution in [0.25, 0.3) is 0 Å². The van der Waals surface area contributed by atoms with Gasteiger partial charge in [0.15, 0.2) is 0 Å². The van der Waals surface area contributed by atoms with Gasteiger partial charge in [-0.3, -0.25) is 9.59 Å². The van der Waals surface area contributed by atoms with Gasteiger partial charge < -0.3 is 14.7 Å². The Morgan fingerprint density at radius 1 is 1.42 bits per heavy atom. The van der Waals surface area contributed by atoms with Crippen molar-refractivity contribution >= 4 is 17.6 Å². The van der Waals surface area contributed by atoms with Crippen molar-refractivity contribution in [3.05, 3.63) is 24.3 Å². The van der Waals surface area contributed by atoms with Crippen LogP contribution in [0.3, 0.4) is 0 Å². The molecule has 0 spiro atoms. The number of rotatable bonds is 5. The van der Waals surface area contributed by atoms with Crippen LogP contribution in [0, 0.1) is 0 Å². The highest BCUT2D eigenvalue weighted by Gasteiger charge is 2.21. The van der Waals surface area contributed by atoms with Gasteiger partial charge in [0, 0.05) is 18.7 Å². The number of carbonyl (C=O) groups excluding carboxylic acids is 1. The minimum absolute atomic E-state index is 0.0354. The molecule has 1 aromatic rings. The number of hydrogen-bond acceptors (Lipinski definition) is 3. The number of nitrogens with zero attached hydrogens (tertiary/aromatic N) is 1. The lowest BCUT2D eigenvalue weighted by Gasteiger charge is -2.17. The average molecular weight is 263 g/mol. The molecule has 1 aliphatic heterocycles. The van der Waals surface area contributed by atoms with Gasteiger partial charge in [0.1, 0.15) is 11.9 Å². The lowest BCUT2D eigenvalue weighted by Crippen LogP contribution is -2.23. The van der Waals surface area contributed by atoms with E-state index in [9.17, 15) is 9.59 Å². The molecule has 1 atom stereocenters. The van der Waals surface area contributed by atoms with Gasteiger partial charge >= 0.3 is 5.97 Å². The lowest BCUT2D eigenvalue weighted by molar-refractivity contribution is -0.138. The number of carboxylic acids is 1. The zero-order chi connectivity index (χ0) is 13.8. The summed E-state index contributed by atoms with van der Waals surface area (Å²) < 4.78 is 5.49. The van der Waals surface area contributed by atoms with Crippen LogP contribution in [0.15, 0.2) is 24.3 Å². The van der Waals surface area contributed by atoms with Gasteiger partial charge in [0.2, 0.25) is 5.91 Å². The van der Waals surface area contributed by atoms with E-state index >= 15 is 0 Å². The summed E-state index contributed by atoms with van der Waals surface area (Å²) in [7, 11) is 0. The van der Waals surface area contributed by atoms with E-state index in [1.807, 2.05) is 12.1 Å². The first kappa shape index (κ1) is 13.4. The molecule has 0 radical (unpaired) electrons. The van der Waals surface area contributed by atoms with Crippen molar-refractivity contribution in [2.75, 3.05) is 11.4 Å². The summed E-state index contributed by atoms with van der Waals surface area (Å²) in [6.45, 7) is 2.47. The number of benzene rings is 1. The Hall–Kier alpha value is -2.04. The minimum Gasteiger partial charge on any atom is -0.490 e. The van der Waals surface area contributed by atoms with Crippen molar-refractivity contribution in [2.24, 2.45) is 0 Å². The SMILES string of the molecule is C[C@H](CC(=O)O)Oc1ccc(N2CCCC2=O)cc1. The van der Waals surface area contributed by atoms with Crippen LogP contribution in [0.1, 0.15) is 26.2 Å². The highest BCUT2D eigenvalue weighted by molar-refractivity contribution is 5.95. The molecule has 0 saturated carbocycles. The number of carbonyl (C=O) groups is 2. The van der Waals surface area contributed by atoms with E-state index in [0.717, 1.165) is 18.7 Å². The molecule has 1 heterocycles. The van der Waals surface area contributed by atoms with Crippen molar-refractivity contribution in [2.45, 2.75) is 32.3 Å². The van der Waals surface area contributed by atoms with Crippen molar-refractivity contribution in [1.82, 2.24) is 0 Å². The van der Waals surface area contributed by atoms with Crippen molar-refractivity contribution in [1.29, 1.82) is 0 Å². The molecule has 0 aromatic heterocycles. The van der Waals surface area contributed by atoms with Gasteiger partial charge in [0.05, 0.1) is 6.42 Å². The number of anilines is 1. The zero-order valence-corrected chi connectivity index (χ0v) is 10.8. The fourth-order valence-electron chi connectivity index (χ4n) is 2.15. The second-order valence-electron chi connectivity index (χ2n) is 4.67. The molecule has 5 heteroatoms. The van der Waals surface area contributed by atoms with Crippen molar-refractivity contribution < 1.29 is 19.4 Å². The summed E-state index contributed by atoms with van der Waals surface area (Å²) in [4.78, 5) is 23.9. The largest absolute Gasteiger partial charge is 0.490 e. The molecule has 1 saturated heterocycles. The number of amides is 1. The van der Waals surface area contributed by atoms with E-state index in [1.165, 1.54) is 0 Å².